The van der Waals surface area contributed by atoms with Crippen LogP contribution in [0.5, 0.6) is 0 Å². The third-order valence-electron chi connectivity index (χ3n) is 2.51. The van der Waals surface area contributed by atoms with Crippen molar-refractivity contribution in [3.8, 4) is 0 Å². The van der Waals surface area contributed by atoms with Crippen LogP contribution < -0.4 is 5.32 Å². The molecule has 1 fully saturated rings. The van der Waals surface area contributed by atoms with Gasteiger partial charge >= 0.3 is 0 Å². The maximum absolute atomic E-state index is 4.29. The summed E-state index contributed by atoms with van der Waals surface area (Å²) in [5.74, 6) is 0.568. The molecule has 68 valence electrons. The van der Waals surface area contributed by atoms with E-state index in [0.717, 1.165) is 19.6 Å². The molecule has 2 unspecified atom stereocenters. The van der Waals surface area contributed by atoms with Gasteiger partial charge in [0.2, 0.25) is 0 Å². The smallest absolute Gasteiger partial charge is 0.128 e. The van der Waals surface area contributed by atoms with E-state index in [1.807, 2.05) is 0 Å². The average Bonchev–Trinajstić information content (AvgIpc) is 2.47. The van der Waals surface area contributed by atoms with Gasteiger partial charge in [-0.15, -0.1) is 0 Å². The second kappa shape index (κ2) is 3.11. The SMILES string of the molecule is CC(C)C1N=NC2CCNCN21. The first kappa shape index (κ1) is 8.13. The van der Waals surface area contributed by atoms with Gasteiger partial charge in [0.05, 0.1) is 6.67 Å². The van der Waals surface area contributed by atoms with Gasteiger partial charge in [-0.3, -0.25) is 0 Å². The molecule has 0 aromatic rings. The van der Waals surface area contributed by atoms with E-state index in [0.29, 0.717) is 18.2 Å². The van der Waals surface area contributed by atoms with Crippen LogP contribution in [0.1, 0.15) is 20.3 Å². The number of nitrogens with zero attached hydrogens (tertiary/aromatic N) is 3. The minimum Gasteiger partial charge on any atom is -0.304 e. The van der Waals surface area contributed by atoms with Gasteiger partial charge < -0.3 is 5.32 Å². The van der Waals surface area contributed by atoms with Gasteiger partial charge in [-0.05, 0) is 18.9 Å². The Balaban J connectivity index is 2.05. The third-order valence-corrected chi connectivity index (χ3v) is 2.51. The van der Waals surface area contributed by atoms with E-state index in [1.165, 1.54) is 0 Å². The van der Waals surface area contributed by atoms with E-state index >= 15 is 0 Å². The molecule has 0 spiro atoms. The van der Waals surface area contributed by atoms with Crippen LogP contribution in [0.2, 0.25) is 0 Å². The average molecular weight is 168 g/mol. The summed E-state index contributed by atoms with van der Waals surface area (Å²) in [5.41, 5.74) is 0. The molecule has 0 aromatic carbocycles. The van der Waals surface area contributed by atoms with Crippen molar-refractivity contribution in [3.05, 3.63) is 0 Å². The molecular weight excluding hydrogens is 152 g/mol. The fraction of sp³-hybridized carbons (Fsp3) is 1.00. The molecule has 1 saturated heterocycles. The van der Waals surface area contributed by atoms with E-state index in [2.05, 4.69) is 34.3 Å². The fourth-order valence-corrected chi connectivity index (χ4v) is 1.83. The Labute approximate surface area is 73.0 Å². The molecule has 2 rings (SSSR count). The summed E-state index contributed by atoms with van der Waals surface area (Å²) in [7, 11) is 0. The molecule has 0 aliphatic carbocycles. The van der Waals surface area contributed by atoms with E-state index in [-0.39, 0.29) is 0 Å². The minimum absolute atomic E-state index is 0.308. The van der Waals surface area contributed by atoms with Gasteiger partial charge in [-0.2, -0.15) is 10.2 Å². The van der Waals surface area contributed by atoms with Crippen LogP contribution in [-0.2, 0) is 0 Å². The largest absolute Gasteiger partial charge is 0.304 e. The van der Waals surface area contributed by atoms with E-state index in [1.54, 1.807) is 0 Å². The Bertz CT molecular complexity index is 189. The van der Waals surface area contributed by atoms with E-state index in [9.17, 15) is 0 Å². The Kier molecular flexibility index (Phi) is 2.11. The standard InChI is InChI=1S/C8H16N4/c1-6(2)8-11-10-7-3-4-9-5-12(7)8/h6-9H,3-5H2,1-2H3. The molecule has 2 aliphatic heterocycles. The number of hydrogen-bond acceptors (Lipinski definition) is 4. The van der Waals surface area contributed by atoms with E-state index < -0.39 is 0 Å². The Morgan fingerprint density at radius 2 is 2.25 bits per heavy atom. The number of fused-ring (bicyclic) bond motifs is 1. The lowest BCUT2D eigenvalue weighted by Gasteiger charge is -2.32. The summed E-state index contributed by atoms with van der Waals surface area (Å²) in [6.07, 6.45) is 1.77. The van der Waals surface area contributed by atoms with Crippen molar-refractivity contribution in [3.63, 3.8) is 0 Å². The predicted molar refractivity (Wildman–Crippen MR) is 46.6 cm³/mol. The minimum atomic E-state index is 0.308. The second-order valence-electron chi connectivity index (χ2n) is 3.83. The molecule has 1 N–H and O–H groups in total. The molecule has 0 saturated carbocycles. The lowest BCUT2D eigenvalue weighted by molar-refractivity contribution is 0.105. The molecule has 4 nitrogen and oxygen atoms in total. The van der Waals surface area contributed by atoms with Crippen molar-refractivity contribution >= 4 is 0 Å². The summed E-state index contributed by atoms with van der Waals surface area (Å²) >= 11 is 0. The highest BCUT2D eigenvalue weighted by Gasteiger charge is 2.34. The van der Waals surface area contributed by atoms with Crippen LogP contribution in [0, 0.1) is 5.92 Å². The van der Waals surface area contributed by atoms with Crippen molar-refractivity contribution < 1.29 is 0 Å². The molecule has 0 amide bonds. The van der Waals surface area contributed by atoms with Crippen molar-refractivity contribution in [2.75, 3.05) is 13.2 Å². The highest BCUT2D eigenvalue weighted by atomic mass is 15.5. The van der Waals surface area contributed by atoms with Gasteiger partial charge in [0.1, 0.15) is 12.3 Å². The molecule has 0 aromatic heterocycles. The summed E-state index contributed by atoms with van der Waals surface area (Å²) in [6.45, 7) is 6.41. The highest BCUT2D eigenvalue weighted by Crippen LogP contribution is 2.25. The van der Waals surface area contributed by atoms with E-state index in [4.69, 9.17) is 0 Å². The van der Waals surface area contributed by atoms with Gasteiger partial charge in [-0.1, -0.05) is 13.8 Å². The lowest BCUT2D eigenvalue weighted by Crippen LogP contribution is -2.50. The molecule has 2 aliphatic rings. The topological polar surface area (TPSA) is 40.0 Å². The Morgan fingerprint density at radius 1 is 1.42 bits per heavy atom. The Morgan fingerprint density at radius 3 is 3.00 bits per heavy atom. The molecule has 0 radical (unpaired) electrons. The highest BCUT2D eigenvalue weighted by molar-refractivity contribution is 4.85. The molecule has 4 heteroatoms. The van der Waals surface area contributed by atoms with Gasteiger partial charge in [0.25, 0.3) is 0 Å². The fourth-order valence-electron chi connectivity index (χ4n) is 1.83. The normalized spacial score (nSPS) is 35.9. The number of hydrogen-bond donors (Lipinski definition) is 1. The summed E-state index contributed by atoms with van der Waals surface area (Å²) in [5, 5.41) is 11.9. The number of nitrogens with one attached hydrogen (secondary N) is 1. The van der Waals surface area contributed by atoms with Crippen LogP contribution in [-0.4, -0.2) is 30.4 Å². The van der Waals surface area contributed by atoms with Crippen molar-refractivity contribution in [2.24, 2.45) is 16.1 Å². The van der Waals surface area contributed by atoms with Gasteiger partial charge in [0, 0.05) is 0 Å². The predicted octanol–water partition coefficient (Wildman–Crippen LogP) is 1.01. The molecule has 12 heavy (non-hydrogen) atoms. The van der Waals surface area contributed by atoms with Crippen LogP contribution in [0.15, 0.2) is 10.2 Å². The zero-order valence-electron chi connectivity index (χ0n) is 7.70. The maximum Gasteiger partial charge on any atom is 0.128 e. The van der Waals surface area contributed by atoms with Gasteiger partial charge in [0.15, 0.2) is 0 Å². The number of rotatable bonds is 1. The zero-order valence-corrected chi connectivity index (χ0v) is 7.70. The van der Waals surface area contributed by atoms with Crippen molar-refractivity contribution in [1.82, 2.24) is 10.2 Å². The summed E-state index contributed by atoms with van der Waals surface area (Å²) in [6, 6.07) is 0. The molecular formula is C8H16N4. The van der Waals surface area contributed by atoms with Crippen molar-refractivity contribution in [1.29, 1.82) is 0 Å². The van der Waals surface area contributed by atoms with Crippen LogP contribution in [0.25, 0.3) is 0 Å². The zero-order chi connectivity index (χ0) is 8.55. The first-order chi connectivity index (χ1) is 5.79. The van der Waals surface area contributed by atoms with Crippen molar-refractivity contribution in [2.45, 2.75) is 32.6 Å². The molecule has 2 atom stereocenters. The number of azo groups is 1. The lowest BCUT2D eigenvalue weighted by atomic mass is 10.1. The molecule has 0 bridgehead atoms. The van der Waals surface area contributed by atoms with Crippen LogP contribution in [0.3, 0.4) is 0 Å². The third kappa shape index (κ3) is 1.25. The summed E-state index contributed by atoms with van der Waals surface area (Å²) in [4.78, 5) is 2.34. The second-order valence-corrected chi connectivity index (χ2v) is 3.83. The van der Waals surface area contributed by atoms with Crippen LogP contribution >= 0.6 is 0 Å². The quantitative estimate of drug-likeness (QED) is 0.635. The van der Waals surface area contributed by atoms with Gasteiger partial charge in [-0.25, -0.2) is 4.90 Å². The first-order valence-electron chi connectivity index (χ1n) is 4.65. The maximum atomic E-state index is 4.29. The molecule has 2 heterocycles. The first-order valence-corrected chi connectivity index (χ1v) is 4.65. The monoisotopic (exact) mass is 168 g/mol. The summed E-state index contributed by atoms with van der Waals surface area (Å²) < 4.78 is 0. The Hall–Kier alpha value is -0.480. The van der Waals surface area contributed by atoms with Crippen LogP contribution in [0.4, 0.5) is 0 Å².